The van der Waals surface area contributed by atoms with Crippen LogP contribution >= 0.6 is 23.5 Å². The quantitative estimate of drug-likeness (QED) is 0.208. The number of rotatable bonds is 8. The van der Waals surface area contributed by atoms with Crippen LogP contribution < -0.4 is 5.73 Å². The van der Waals surface area contributed by atoms with Crippen molar-refractivity contribution in [2.24, 2.45) is 0 Å². The first-order valence-electron chi connectivity index (χ1n) is 8.07. The lowest BCUT2D eigenvalue weighted by Crippen LogP contribution is -2.33. The van der Waals surface area contributed by atoms with Crippen LogP contribution in [-0.4, -0.2) is 69.3 Å². The average molecular weight is 506 g/mol. The molecule has 8 N–H and O–H groups in total. The van der Waals surface area contributed by atoms with Gasteiger partial charge in [0, 0.05) is 0 Å². The Hall–Kier alpha value is -1.29. The third kappa shape index (κ3) is 5.74. The summed E-state index contributed by atoms with van der Waals surface area (Å²) >= 11 is 0. The SMILES string of the molecule is Nc1ncnn2c([C@H]3O[C@H](COP(=O)(O)OP(=O)(O)OP(=O)(O)O)[C@@H](O)[C@H]3O)ccc12. The van der Waals surface area contributed by atoms with Gasteiger partial charge in [0.25, 0.3) is 0 Å². The number of aliphatic hydroxyl groups is 2. The number of ether oxygens (including phenoxy) is 1. The summed E-state index contributed by atoms with van der Waals surface area (Å²) in [5.74, 6) is 0.137. The van der Waals surface area contributed by atoms with E-state index in [4.69, 9.17) is 25.2 Å². The van der Waals surface area contributed by atoms with Crippen molar-refractivity contribution in [3.63, 3.8) is 0 Å². The topological polar surface area (TPSA) is 266 Å². The summed E-state index contributed by atoms with van der Waals surface area (Å²) in [5.41, 5.74) is 6.37. The molecule has 3 rings (SSSR count). The van der Waals surface area contributed by atoms with Crippen LogP contribution in [0.5, 0.6) is 0 Å². The maximum atomic E-state index is 11.8. The predicted octanol–water partition coefficient (Wildman–Crippen LogP) is -1.18. The molecule has 1 saturated heterocycles. The second-order valence-electron chi connectivity index (χ2n) is 6.16. The van der Waals surface area contributed by atoms with E-state index in [-0.39, 0.29) is 11.5 Å². The lowest BCUT2D eigenvalue weighted by Gasteiger charge is -2.19. The molecule has 20 heteroatoms. The van der Waals surface area contributed by atoms with Gasteiger partial charge < -0.3 is 40.3 Å². The molecule has 31 heavy (non-hydrogen) atoms. The number of hydrogen-bond donors (Lipinski definition) is 7. The molecule has 0 radical (unpaired) electrons. The van der Waals surface area contributed by atoms with E-state index in [9.17, 15) is 28.8 Å². The monoisotopic (exact) mass is 506 g/mol. The largest absolute Gasteiger partial charge is 0.490 e. The zero-order valence-electron chi connectivity index (χ0n) is 15.1. The molecule has 0 amide bonds. The molecular weight excluding hydrogens is 489 g/mol. The normalized spacial score (nSPS) is 28.5. The Balaban J connectivity index is 1.69. The number of anilines is 1. The summed E-state index contributed by atoms with van der Waals surface area (Å²) in [5, 5.41) is 24.4. The fraction of sp³-hybridized carbons (Fsp3) is 0.455. The van der Waals surface area contributed by atoms with Gasteiger partial charge >= 0.3 is 23.5 Å². The Bertz CT molecular complexity index is 1100. The first-order chi connectivity index (χ1) is 14.2. The summed E-state index contributed by atoms with van der Waals surface area (Å²) in [6.45, 7) is -0.932. The average Bonchev–Trinajstić information content (AvgIpc) is 3.13. The van der Waals surface area contributed by atoms with Crippen molar-refractivity contribution in [2.45, 2.75) is 24.4 Å². The van der Waals surface area contributed by atoms with Gasteiger partial charge in [0.15, 0.2) is 5.82 Å². The van der Waals surface area contributed by atoms with E-state index in [1.54, 1.807) is 0 Å². The minimum absolute atomic E-state index is 0.137. The minimum Gasteiger partial charge on any atom is -0.387 e. The number of aliphatic hydroxyl groups excluding tert-OH is 2. The van der Waals surface area contributed by atoms with Crippen molar-refractivity contribution in [3.8, 4) is 0 Å². The highest BCUT2D eigenvalue weighted by Gasteiger charge is 2.47. The smallest absolute Gasteiger partial charge is 0.387 e. The van der Waals surface area contributed by atoms with Crippen molar-refractivity contribution >= 4 is 34.8 Å². The van der Waals surface area contributed by atoms with Gasteiger partial charge in [-0.05, 0) is 12.1 Å². The molecule has 6 atom stereocenters. The molecule has 1 fully saturated rings. The zero-order chi connectivity index (χ0) is 23.2. The number of nitrogens with zero attached hydrogens (tertiary/aromatic N) is 3. The summed E-state index contributed by atoms with van der Waals surface area (Å²) in [4.78, 5) is 39.4. The summed E-state index contributed by atoms with van der Waals surface area (Å²) < 4.78 is 52.1. The van der Waals surface area contributed by atoms with Crippen LogP contribution in [0.2, 0.25) is 0 Å². The van der Waals surface area contributed by atoms with E-state index in [1.165, 1.54) is 16.6 Å². The van der Waals surface area contributed by atoms with E-state index in [2.05, 4.69) is 23.2 Å². The van der Waals surface area contributed by atoms with Gasteiger partial charge in [-0.2, -0.15) is 13.7 Å². The van der Waals surface area contributed by atoms with Gasteiger partial charge in [-0.25, -0.2) is 23.2 Å². The van der Waals surface area contributed by atoms with Gasteiger partial charge in [0.1, 0.15) is 36.3 Å². The van der Waals surface area contributed by atoms with Gasteiger partial charge in [-0.1, -0.05) is 0 Å². The molecule has 2 aromatic heterocycles. The highest BCUT2D eigenvalue weighted by atomic mass is 31.3. The first kappa shape index (κ1) is 24.4. The molecule has 2 unspecified atom stereocenters. The molecule has 0 bridgehead atoms. The molecule has 0 aliphatic carbocycles. The van der Waals surface area contributed by atoms with Crippen LogP contribution in [0.15, 0.2) is 18.5 Å². The standard InChI is InChI=1S/C11H17N4O13P3/c12-11-6-2-1-5(15(6)14-4-13-11)10-9(17)8(16)7(26-10)3-25-30(21,22)28-31(23,24)27-29(18,19)20/h1-2,4,7-10,16-17H,3H2,(H,21,22)(H,23,24)(H2,12,13,14)(H2,18,19,20)/t7-,8-,9-,10-/m1/s1. The second-order valence-corrected chi connectivity index (χ2v) is 10.6. The van der Waals surface area contributed by atoms with Crippen LogP contribution in [0, 0.1) is 0 Å². The van der Waals surface area contributed by atoms with Crippen LogP contribution in [-0.2, 0) is 31.6 Å². The maximum Gasteiger partial charge on any atom is 0.490 e. The summed E-state index contributed by atoms with van der Waals surface area (Å²) in [6, 6.07) is 3.03. The van der Waals surface area contributed by atoms with Crippen LogP contribution in [0.25, 0.3) is 5.52 Å². The molecule has 2 aromatic rings. The molecule has 17 nitrogen and oxygen atoms in total. The molecule has 174 valence electrons. The number of aromatic nitrogens is 3. The molecular formula is C11H17N4O13P3. The fourth-order valence-corrected chi connectivity index (χ4v) is 5.82. The Kier molecular flexibility index (Phi) is 6.73. The van der Waals surface area contributed by atoms with Crippen molar-refractivity contribution in [1.29, 1.82) is 0 Å². The van der Waals surface area contributed by atoms with Crippen molar-refractivity contribution < 1.29 is 61.4 Å². The first-order valence-corrected chi connectivity index (χ1v) is 12.6. The molecule has 0 spiro atoms. The highest BCUT2D eigenvalue weighted by molar-refractivity contribution is 7.66. The zero-order valence-corrected chi connectivity index (χ0v) is 17.7. The third-order valence-corrected chi connectivity index (χ3v) is 7.79. The van der Waals surface area contributed by atoms with Crippen molar-refractivity contribution in [3.05, 3.63) is 24.2 Å². The van der Waals surface area contributed by atoms with Gasteiger partial charge in [0.2, 0.25) is 0 Å². The van der Waals surface area contributed by atoms with Gasteiger partial charge in [-0.3, -0.25) is 4.52 Å². The predicted molar refractivity (Wildman–Crippen MR) is 96.8 cm³/mol. The highest BCUT2D eigenvalue weighted by Crippen LogP contribution is 2.66. The van der Waals surface area contributed by atoms with E-state index >= 15 is 0 Å². The molecule has 0 saturated carbocycles. The lowest BCUT2D eigenvalue weighted by atomic mass is 10.1. The maximum absolute atomic E-state index is 11.8. The number of fused-ring (bicyclic) bond motifs is 1. The number of phosphoric acid groups is 3. The van der Waals surface area contributed by atoms with Crippen LogP contribution in [0.3, 0.4) is 0 Å². The number of nitrogen functional groups attached to an aromatic ring is 1. The van der Waals surface area contributed by atoms with Crippen molar-refractivity contribution in [2.75, 3.05) is 12.3 Å². The fourth-order valence-electron chi connectivity index (χ4n) is 2.79. The molecule has 1 aliphatic heterocycles. The van der Waals surface area contributed by atoms with E-state index in [0.717, 1.165) is 6.33 Å². The Morgan fingerprint density at radius 2 is 1.74 bits per heavy atom. The Morgan fingerprint density at radius 1 is 1.06 bits per heavy atom. The van der Waals surface area contributed by atoms with Crippen LogP contribution in [0.4, 0.5) is 5.82 Å². The minimum atomic E-state index is -5.69. The number of phosphoric ester groups is 1. The van der Waals surface area contributed by atoms with Gasteiger partial charge in [-0.15, -0.1) is 0 Å². The summed E-state index contributed by atoms with van der Waals surface area (Å²) in [6.07, 6.45) is -4.63. The van der Waals surface area contributed by atoms with Crippen LogP contribution in [0.1, 0.15) is 11.8 Å². The number of nitrogens with two attached hydrogens (primary N) is 1. The molecule has 3 heterocycles. The molecule has 1 aliphatic rings. The lowest BCUT2D eigenvalue weighted by molar-refractivity contribution is -0.0238. The Labute approximate surface area is 172 Å². The summed E-state index contributed by atoms with van der Waals surface area (Å²) in [7, 11) is -16.6. The van der Waals surface area contributed by atoms with Gasteiger partial charge in [0.05, 0.1) is 12.3 Å². The molecule has 0 aromatic carbocycles. The van der Waals surface area contributed by atoms with E-state index in [0.29, 0.717) is 5.52 Å². The third-order valence-electron chi connectivity index (χ3n) is 3.98. The van der Waals surface area contributed by atoms with E-state index < -0.39 is 54.5 Å². The Morgan fingerprint density at radius 3 is 2.39 bits per heavy atom. The second kappa shape index (κ2) is 8.57. The van der Waals surface area contributed by atoms with Crippen molar-refractivity contribution in [1.82, 2.24) is 14.6 Å². The van der Waals surface area contributed by atoms with E-state index in [1.807, 2.05) is 0 Å². The number of hydrogen-bond acceptors (Lipinski definition) is 12.